The predicted molar refractivity (Wildman–Crippen MR) is 66.6 cm³/mol. The molecule has 0 aromatic carbocycles. The van der Waals surface area contributed by atoms with Crippen LogP contribution in [0.3, 0.4) is 0 Å². The van der Waals surface area contributed by atoms with E-state index in [9.17, 15) is 9.59 Å². The molecular weight excluding hydrogens is 234 g/mol. The standard InChI is InChI=1S/C12H17N3O3/c1-4-15(5-2)12(17)10-7-8(18-3)6-9(14-10)11(13)16/h6-7H,4-5H2,1-3H3,(H2,13,16). The Balaban J connectivity index is 3.19. The number of amides is 2. The van der Waals surface area contributed by atoms with Crippen molar-refractivity contribution in [2.45, 2.75) is 13.8 Å². The zero-order valence-electron chi connectivity index (χ0n) is 10.8. The van der Waals surface area contributed by atoms with Gasteiger partial charge in [-0.05, 0) is 13.8 Å². The van der Waals surface area contributed by atoms with Crippen molar-refractivity contribution in [2.75, 3.05) is 20.2 Å². The second kappa shape index (κ2) is 6.00. The molecule has 0 aliphatic rings. The molecule has 2 N–H and O–H groups in total. The van der Waals surface area contributed by atoms with E-state index in [1.807, 2.05) is 13.8 Å². The minimum Gasteiger partial charge on any atom is -0.497 e. The summed E-state index contributed by atoms with van der Waals surface area (Å²) in [5, 5.41) is 0. The van der Waals surface area contributed by atoms with Crippen molar-refractivity contribution in [1.82, 2.24) is 9.88 Å². The van der Waals surface area contributed by atoms with Gasteiger partial charge in [0.05, 0.1) is 7.11 Å². The molecule has 0 saturated heterocycles. The van der Waals surface area contributed by atoms with E-state index >= 15 is 0 Å². The van der Waals surface area contributed by atoms with Gasteiger partial charge in [0.2, 0.25) is 0 Å². The van der Waals surface area contributed by atoms with Gasteiger partial charge in [-0.25, -0.2) is 4.98 Å². The number of pyridine rings is 1. The molecule has 0 saturated carbocycles. The number of nitrogens with zero attached hydrogens (tertiary/aromatic N) is 2. The Hall–Kier alpha value is -2.11. The Morgan fingerprint density at radius 3 is 2.28 bits per heavy atom. The molecule has 2 amide bonds. The molecule has 0 unspecified atom stereocenters. The minimum absolute atomic E-state index is 0.0184. The van der Waals surface area contributed by atoms with Gasteiger partial charge in [-0.2, -0.15) is 0 Å². The number of aromatic nitrogens is 1. The molecule has 0 spiro atoms. The van der Waals surface area contributed by atoms with Gasteiger partial charge >= 0.3 is 0 Å². The van der Waals surface area contributed by atoms with E-state index in [4.69, 9.17) is 10.5 Å². The maximum absolute atomic E-state index is 12.1. The molecule has 98 valence electrons. The van der Waals surface area contributed by atoms with Gasteiger partial charge in [0.1, 0.15) is 17.1 Å². The Bertz CT molecular complexity index is 456. The van der Waals surface area contributed by atoms with E-state index in [2.05, 4.69) is 4.98 Å². The lowest BCUT2D eigenvalue weighted by Crippen LogP contribution is -2.31. The maximum atomic E-state index is 12.1. The molecule has 0 radical (unpaired) electrons. The van der Waals surface area contributed by atoms with E-state index in [0.29, 0.717) is 18.8 Å². The molecule has 0 aliphatic carbocycles. The van der Waals surface area contributed by atoms with Gasteiger partial charge in [-0.3, -0.25) is 9.59 Å². The average molecular weight is 251 g/mol. The van der Waals surface area contributed by atoms with Gasteiger partial charge in [-0.15, -0.1) is 0 Å². The highest BCUT2D eigenvalue weighted by Gasteiger charge is 2.17. The van der Waals surface area contributed by atoms with Crippen molar-refractivity contribution in [3.8, 4) is 5.75 Å². The Morgan fingerprint density at radius 1 is 1.28 bits per heavy atom. The van der Waals surface area contributed by atoms with Gasteiger partial charge in [-0.1, -0.05) is 0 Å². The van der Waals surface area contributed by atoms with Crippen molar-refractivity contribution in [3.63, 3.8) is 0 Å². The van der Waals surface area contributed by atoms with E-state index in [0.717, 1.165) is 0 Å². The van der Waals surface area contributed by atoms with Gasteiger partial charge < -0.3 is 15.4 Å². The molecule has 18 heavy (non-hydrogen) atoms. The Morgan fingerprint density at radius 2 is 1.83 bits per heavy atom. The number of methoxy groups -OCH3 is 1. The van der Waals surface area contributed by atoms with E-state index in [-0.39, 0.29) is 17.3 Å². The second-order valence-electron chi connectivity index (χ2n) is 3.62. The molecule has 1 rings (SSSR count). The first-order valence-electron chi connectivity index (χ1n) is 5.68. The number of carbonyl (C=O) groups excluding carboxylic acids is 2. The fraction of sp³-hybridized carbons (Fsp3) is 0.417. The largest absolute Gasteiger partial charge is 0.497 e. The first-order chi connectivity index (χ1) is 8.53. The van der Waals surface area contributed by atoms with Crippen LogP contribution in [0.1, 0.15) is 34.8 Å². The zero-order chi connectivity index (χ0) is 13.7. The molecule has 0 aliphatic heterocycles. The first kappa shape index (κ1) is 14.0. The van der Waals surface area contributed by atoms with Crippen molar-refractivity contribution in [1.29, 1.82) is 0 Å². The lowest BCUT2D eigenvalue weighted by Gasteiger charge is -2.18. The molecule has 6 heteroatoms. The van der Waals surface area contributed by atoms with Crippen molar-refractivity contribution < 1.29 is 14.3 Å². The average Bonchev–Trinajstić information content (AvgIpc) is 2.39. The summed E-state index contributed by atoms with van der Waals surface area (Å²) < 4.78 is 5.02. The SMILES string of the molecule is CCN(CC)C(=O)c1cc(OC)cc(C(N)=O)n1. The van der Waals surface area contributed by atoms with Gasteiger partial charge in [0.25, 0.3) is 11.8 Å². The third-order valence-corrected chi connectivity index (χ3v) is 2.56. The van der Waals surface area contributed by atoms with E-state index < -0.39 is 5.91 Å². The number of hydrogen-bond acceptors (Lipinski definition) is 4. The quantitative estimate of drug-likeness (QED) is 0.833. The molecule has 0 atom stereocenters. The third kappa shape index (κ3) is 2.97. The van der Waals surface area contributed by atoms with Crippen LogP contribution in [0.15, 0.2) is 12.1 Å². The summed E-state index contributed by atoms with van der Waals surface area (Å²) in [6.45, 7) is 4.88. The van der Waals surface area contributed by atoms with Crippen LogP contribution >= 0.6 is 0 Å². The summed E-state index contributed by atoms with van der Waals surface area (Å²) >= 11 is 0. The monoisotopic (exact) mass is 251 g/mol. The number of nitrogens with two attached hydrogens (primary N) is 1. The minimum atomic E-state index is -0.692. The highest BCUT2D eigenvalue weighted by atomic mass is 16.5. The lowest BCUT2D eigenvalue weighted by atomic mass is 10.2. The highest BCUT2D eigenvalue weighted by Crippen LogP contribution is 2.15. The summed E-state index contributed by atoms with van der Waals surface area (Å²) in [5.41, 5.74) is 5.34. The van der Waals surface area contributed by atoms with Gasteiger partial charge in [0, 0.05) is 25.2 Å². The molecule has 0 bridgehead atoms. The second-order valence-corrected chi connectivity index (χ2v) is 3.62. The number of rotatable bonds is 5. The third-order valence-electron chi connectivity index (χ3n) is 2.56. The van der Waals surface area contributed by atoms with E-state index in [1.165, 1.54) is 19.2 Å². The predicted octanol–water partition coefficient (Wildman–Crippen LogP) is 0.671. The highest BCUT2D eigenvalue weighted by molar-refractivity contribution is 5.96. The number of carbonyl (C=O) groups is 2. The van der Waals surface area contributed by atoms with Crippen LogP contribution in [0.4, 0.5) is 0 Å². The Labute approximate surface area is 106 Å². The smallest absolute Gasteiger partial charge is 0.272 e. The van der Waals surface area contributed by atoms with Gasteiger partial charge in [0.15, 0.2) is 0 Å². The van der Waals surface area contributed by atoms with Crippen LogP contribution in [0.5, 0.6) is 5.75 Å². The number of hydrogen-bond donors (Lipinski definition) is 1. The molecule has 0 fully saturated rings. The Kier molecular flexibility index (Phi) is 4.65. The summed E-state index contributed by atoms with van der Waals surface area (Å²) in [6, 6.07) is 2.90. The van der Waals surface area contributed by atoms with Crippen LogP contribution in [0.25, 0.3) is 0 Å². The normalized spacial score (nSPS) is 9.94. The topological polar surface area (TPSA) is 85.5 Å². The summed E-state index contributed by atoms with van der Waals surface area (Å²) in [4.78, 5) is 28.8. The zero-order valence-corrected chi connectivity index (χ0v) is 10.8. The molecule has 6 nitrogen and oxygen atoms in total. The first-order valence-corrected chi connectivity index (χ1v) is 5.68. The molecule has 1 heterocycles. The number of primary amides is 1. The summed E-state index contributed by atoms with van der Waals surface area (Å²) in [7, 11) is 1.45. The lowest BCUT2D eigenvalue weighted by molar-refractivity contribution is 0.0766. The van der Waals surface area contributed by atoms with E-state index in [1.54, 1.807) is 4.90 Å². The van der Waals surface area contributed by atoms with Crippen molar-refractivity contribution >= 4 is 11.8 Å². The fourth-order valence-electron chi connectivity index (χ4n) is 1.53. The summed E-state index contributed by atoms with van der Waals surface area (Å²) in [5.74, 6) is -0.557. The van der Waals surface area contributed by atoms with Crippen LogP contribution in [0.2, 0.25) is 0 Å². The van der Waals surface area contributed by atoms with Crippen molar-refractivity contribution in [3.05, 3.63) is 23.5 Å². The van der Waals surface area contributed by atoms with Crippen LogP contribution in [0, 0.1) is 0 Å². The molecular formula is C12H17N3O3. The fourth-order valence-corrected chi connectivity index (χ4v) is 1.53. The molecule has 1 aromatic heterocycles. The van der Waals surface area contributed by atoms with Crippen LogP contribution < -0.4 is 10.5 Å². The molecule has 1 aromatic rings. The van der Waals surface area contributed by atoms with Crippen molar-refractivity contribution in [2.24, 2.45) is 5.73 Å². The summed E-state index contributed by atoms with van der Waals surface area (Å²) in [6.07, 6.45) is 0. The van der Waals surface area contributed by atoms with Crippen LogP contribution in [-0.4, -0.2) is 41.9 Å². The maximum Gasteiger partial charge on any atom is 0.272 e. The van der Waals surface area contributed by atoms with Crippen LogP contribution in [-0.2, 0) is 0 Å². The number of ether oxygens (including phenoxy) is 1.